The van der Waals surface area contributed by atoms with E-state index in [2.05, 4.69) is 17.0 Å². The molecule has 0 aromatic heterocycles. The van der Waals surface area contributed by atoms with E-state index in [1.165, 1.54) is 7.11 Å². The Labute approximate surface area is 119 Å². The highest BCUT2D eigenvalue weighted by molar-refractivity contribution is 5.89. The Morgan fingerprint density at radius 1 is 1.20 bits per heavy atom. The van der Waals surface area contributed by atoms with Gasteiger partial charge in [0.15, 0.2) is 0 Å². The Kier molecular flexibility index (Phi) is 7.17. The van der Waals surface area contributed by atoms with Gasteiger partial charge in [0.1, 0.15) is 0 Å². The van der Waals surface area contributed by atoms with Gasteiger partial charge in [-0.15, -0.1) is 0 Å². The molecule has 20 heavy (non-hydrogen) atoms. The first-order valence-corrected chi connectivity index (χ1v) is 6.85. The molecule has 110 valence electrons. The molecule has 0 spiro atoms. The van der Waals surface area contributed by atoms with E-state index in [1.807, 2.05) is 30.3 Å². The van der Waals surface area contributed by atoms with E-state index in [0.717, 1.165) is 18.5 Å². The number of unbranched alkanes of at least 4 members (excludes halogenated alkanes) is 1. The van der Waals surface area contributed by atoms with Crippen LogP contribution in [0.2, 0.25) is 0 Å². The number of esters is 1. The Hall–Kier alpha value is -2.04. The number of hydrogen-bond acceptors (Lipinski definition) is 3. The number of nitrogens with one attached hydrogen (secondary N) is 1. The topological polar surface area (TPSA) is 58.6 Å². The third-order valence-corrected chi connectivity index (χ3v) is 2.91. The number of para-hydroxylation sites is 1. The molecule has 1 aromatic carbocycles. The van der Waals surface area contributed by atoms with Crippen LogP contribution in [0.5, 0.6) is 0 Å². The van der Waals surface area contributed by atoms with Gasteiger partial charge >= 0.3 is 12.0 Å². The minimum Gasteiger partial charge on any atom is -0.469 e. The van der Waals surface area contributed by atoms with Gasteiger partial charge in [-0.1, -0.05) is 31.5 Å². The first kappa shape index (κ1) is 16.0. The average Bonchev–Trinajstić information content (AvgIpc) is 2.47. The van der Waals surface area contributed by atoms with Crippen LogP contribution in [0.3, 0.4) is 0 Å². The summed E-state index contributed by atoms with van der Waals surface area (Å²) in [4.78, 5) is 25.0. The van der Waals surface area contributed by atoms with Crippen LogP contribution in [0, 0.1) is 0 Å². The molecule has 0 bridgehead atoms. The zero-order valence-corrected chi connectivity index (χ0v) is 12.1. The molecule has 2 amide bonds. The van der Waals surface area contributed by atoms with Crippen molar-refractivity contribution in [1.82, 2.24) is 4.90 Å². The van der Waals surface area contributed by atoms with Crippen molar-refractivity contribution < 1.29 is 14.3 Å². The Bertz CT molecular complexity index is 420. The van der Waals surface area contributed by atoms with Crippen LogP contribution in [0.15, 0.2) is 30.3 Å². The number of ether oxygens (including phenoxy) is 1. The second-order valence-electron chi connectivity index (χ2n) is 4.46. The highest BCUT2D eigenvalue weighted by Crippen LogP contribution is 2.08. The van der Waals surface area contributed by atoms with Gasteiger partial charge in [0.05, 0.1) is 13.5 Å². The summed E-state index contributed by atoms with van der Waals surface area (Å²) < 4.78 is 4.61. The van der Waals surface area contributed by atoms with Crippen molar-refractivity contribution in [2.45, 2.75) is 26.2 Å². The van der Waals surface area contributed by atoms with E-state index in [1.54, 1.807) is 4.90 Å². The number of carbonyl (C=O) groups excluding carboxylic acids is 2. The summed E-state index contributed by atoms with van der Waals surface area (Å²) in [5, 5.41) is 2.83. The van der Waals surface area contributed by atoms with Gasteiger partial charge in [-0.25, -0.2) is 4.79 Å². The lowest BCUT2D eigenvalue weighted by molar-refractivity contribution is -0.140. The zero-order chi connectivity index (χ0) is 14.8. The van der Waals surface area contributed by atoms with Gasteiger partial charge in [-0.05, 0) is 18.6 Å². The van der Waals surface area contributed by atoms with Crippen molar-refractivity contribution in [3.8, 4) is 0 Å². The lowest BCUT2D eigenvalue weighted by Crippen LogP contribution is -2.37. The van der Waals surface area contributed by atoms with E-state index in [0.29, 0.717) is 13.1 Å². The number of methoxy groups -OCH3 is 1. The number of carbonyl (C=O) groups is 2. The number of amides is 2. The SMILES string of the molecule is CCCCN(CCC(=O)OC)C(=O)Nc1ccccc1. The van der Waals surface area contributed by atoms with Crippen LogP contribution >= 0.6 is 0 Å². The van der Waals surface area contributed by atoms with E-state index >= 15 is 0 Å². The molecule has 0 fully saturated rings. The molecule has 1 aromatic rings. The fourth-order valence-electron chi connectivity index (χ4n) is 1.72. The Balaban J connectivity index is 2.56. The van der Waals surface area contributed by atoms with Crippen LogP contribution in [0.25, 0.3) is 0 Å². The molecule has 5 nitrogen and oxygen atoms in total. The van der Waals surface area contributed by atoms with Crippen molar-refractivity contribution in [3.63, 3.8) is 0 Å². The van der Waals surface area contributed by atoms with Gasteiger partial charge in [-0.2, -0.15) is 0 Å². The fraction of sp³-hybridized carbons (Fsp3) is 0.467. The zero-order valence-electron chi connectivity index (χ0n) is 12.1. The number of rotatable bonds is 7. The number of nitrogens with zero attached hydrogens (tertiary/aromatic N) is 1. The van der Waals surface area contributed by atoms with Crippen molar-refractivity contribution >= 4 is 17.7 Å². The summed E-state index contributed by atoms with van der Waals surface area (Å²) in [5.41, 5.74) is 0.747. The predicted octanol–water partition coefficient (Wildman–Crippen LogP) is 2.88. The molecule has 0 radical (unpaired) electrons. The maximum Gasteiger partial charge on any atom is 0.321 e. The molecular formula is C15H22N2O3. The highest BCUT2D eigenvalue weighted by atomic mass is 16.5. The molecule has 0 aliphatic rings. The van der Waals surface area contributed by atoms with Crippen molar-refractivity contribution in [2.24, 2.45) is 0 Å². The summed E-state index contributed by atoms with van der Waals surface area (Å²) in [6.45, 7) is 3.06. The van der Waals surface area contributed by atoms with Crippen LogP contribution in [-0.2, 0) is 9.53 Å². The van der Waals surface area contributed by atoms with Gasteiger partial charge in [0, 0.05) is 18.8 Å². The minimum atomic E-state index is -0.306. The maximum absolute atomic E-state index is 12.2. The van der Waals surface area contributed by atoms with E-state index in [9.17, 15) is 9.59 Å². The third-order valence-electron chi connectivity index (χ3n) is 2.91. The van der Waals surface area contributed by atoms with E-state index in [4.69, 9.17) is 0 Å². The van der Waals surface area contributed by atoms with Crippen LogP contribution in [-0.4, -0.2) is 37.1 Å². The third kappa shape index (κ3) is 5.73. The summed E-state index contributed by atoms with van der Waals surface area (Å²) in [7, 11) is 1.35. The van der Waals surface area contributed by atoms with Crippen LogP contribution in [0.1, 0.15) is 26.2 Å². The molecule has 5 heteroatoms. The van der Waals surface area contributed by atoms with Crippen LogP contribution in [0.4, 0.5) is 10.5 Å². The van der Waals surface area contributed by atoms with Gasteiger partial charge in [-0.3, -0.25) is 4.79 Å². The van der Waals surface area contributed by atoms with Crippen LogP contribution < -0.4 is 5.32 Å². The lowest BCUT2D eigenvalue weighted by atomic mass is 10.3. The first-order chi connectivity index (χ1) is 9.67. The molecule has 0 aliphatic heterocycles. The number of benzene rings is 1. The molecule has 0 unspecified atom stereocenters. The summed E-state index contributed by atoms with van der Waals surface area (Å²) in [6, 6.07) is 9.09. The standard InChI is InChI=1S/C15H22N2O3/c1-3-4-11-17(12-10-14(18)20-2)15(19)16-13-8-6-5-7-9-13/h5-9H,3-4,10-12H2,1-2H3,(H,16,19). The molecule has 0 aliphatic carbocycles. The molecule has 0 saturated heterocycles. The maximum atomic E-state index is 12.2. The normalized spacial score (nSPS) is 9.90. The summed E-state index contributed by atoms with van der Waals surface area (Å²) in [5.74, 6) is -0.306. The Morgan fingerprint density at radius 3 is 2.50 bits per heavy atom. The van der Waals surface area contributed by atoms with E-state index in [-0.39, 0.29) is 18.4 Å². The van der Waals surface area contributed by atoms with E-state index < -0.39 is 0 Å². The van der Waals surface area contributed by atoms with Crippen molar-refractivity contribution in [3.05, 3.63) is 30.3 Å². The number of hydrogen-bond donors (Lipinski definition) is 1. The number of urea groups is 1. The molecule has 0 heterocycles. The quantitative estimate of drug-likeness (QED) is 0.780. The highest BCUT2D eigenvalue weighted by Gasteiger charge is 2.14. The first-order valence-electron chi connectivity index (χ1n) is 6.85. The largest absolute Gasteiger partial charge is 0.469 e. The van der Waals surface area contributed by atoms with Crippen molar-refractivity contribution in [2.75, 3.05) is 25.5 Å². The predicted molar refractivity (Wildman–Crippen MR) is 78.6 cm³/mol. The minimum absolute atomic E-state index is 0.187. The van der Waals surface area contributed by atoms with Crippen molar-refractivity contribution in [1.29, 1.82) is 0 Å². The smallest absolute Gasteiger partial charge is 0.321 e. The Morgan fingerprint density at radius 2 is 1.90 bits per heavy atom. The molecule has 0 saturated carbocycles. The summed E-state index contributed by atoms with van der Waals surface area (Å²) >= 11 is 0. The van der Waals surface area contributed by atoms with Gasteiger partial charge in [0.2, 0.25) is 0 Å². The van der Waals surface area contributed by atoms with Gasteiger partial charge < -0.3 is 15.0 Å². The molecule has 1 rings (SSSR count). The molecule has 1 N–H and O–H groups in total. The molecule has 0 atom stereocenters. The monoisotopic (exact) mass is 278 g/mol. The fourth-order valence-corrected chi connectivity index (χ4v) is 1.72. The second kappa shape index (κ2) is 8.96. The summed E-state index contributed by atoms with van der Waals surface area (Å²) in [6.07, 6.45) is 2.11. The van der Waals surface area contributed by atoms with Gasteiger partial charge in [0.25, 0.3) is 0 Å². The molecular weight excluding hydrogens is 256 g/mol. The number of anilines is 1. The average molecular weight is 278 g/mol. The second-order valence-corrected chi connectivity index (χ2v) is 4.46. The lowest BCUT2D eigenvalue weighted by Gasteiger charge is -2.22.